The standard InChI is InChI=1S/C16H23ClN2O4S/c1-19(11-12-23-14-6-4-3-5-13(14)17)15(20)16(24(2,21)22)7-9-18-10-8-16/h3-6,18H,7-12H2,1-2H3. The molecule has 6 nitrogen and oxygen atoms in total. The Morgan fingerprint density at radius 1 is 1.33 bits per heavy atom. The van der Waals surface area contributed by atoms with E-state index in [0.29, 0.717) is 36.7 Å². The Labute approximate surface area is 148 Å². The van der Waals surface area contributed by atoms with Crippen LogP contribution in [0.5, 0.6) is 5.75 Å². The van der Waals surface area contributed by atoms with Crippen molar-refractivity contribution in [2.45, 2.75) is 17.6 Å². The minimum Gasteiger partial charge on any atom is -0.490 e. The van der Waals surface area contributed by atoms with Crippen molar-refractivity contribution < 1.29 is 17.9 Å². The van der Waals surface area contributed by atoms with E-state index >= 15 is 0 Å². The number of likely N-dealkylation sites (N-methyl/N-ethyl adjacent to an activating group) is 1. The van der Waals surface area contributed by atoms with Crippen LogP contribution in [-0.2, 0) is 14.6 Å². The highest BCUT2D eigenvalue weighted by Gasteiger charge is 2.49. The number of para-hydroxylation sites is 1. The summed E-state index contributed by atoms with van der Waals surface area (Å²) in [6.07, 6.45) is 1.73. The second kappa shape index (κ2) is 7.72. The molecule has 2 rings (SSSR count). The number of amides is 1. The average molecular weight is 375 g/mol. The Morgan fingerprint density at radius 3 is 2.54 bits per heavy atom. The van der Waals surface area contributed by atoms with Crippen molar-refractivity contribution in [2.75, 3.05) is 39.5 Å². The molecule has 0 unspecified atom stereocenters. The molecule has 134 valence electrons. The summed E-state index contributed by atoms with van der Waals surface area (Å²) in [6, 6.07) is 7.08. The highest BCUT2D eigenvalue weighted by molar-refractivity contribution is 7.92. The van der Waals surface area contributed by atoms with Gasteiger partial charge in [-0.1, -0.05) is 23.7 Å². The third-order valence-electron chi connectivity index (χ3n) is 4.38. The second-order valence-electron chi connectivity index (χ2n) is 6.02. The number of carbonyl (C=O) groups excluding carboxylic acids is 1. The molecular formula is C16H23ClN2O4S. The number of nitrogens with zero attached hydrogens (tertiary/aromatic N) is 1. The maximum atomic E-state index is 12.8. The summed E-state index contributed by atoms with van der Waals surface area (Å²) >= 11 is 6.01. The predicted molar refractivity (Wildman–Crippen MR) is 94.3 cm³/mol. The van der Waals surface area contributed by atoms with Crippen LogP contribution in [0.15, 0.2) is 24.3 Å². The van der Waals surface area contributed by atoms with Crippen molar-refractivity contribution in [1.82, 2.24) is 10.2 Å². The molecule has 0 aliphatic carbocycles. The quantitative estimate of drug-likeness (QED) is 0.813. The molecule has 0 saturated carbocycles. The third kappa shape index (κ3) is 4.02. The lowest BCUT2D eigenvalue weighted by Gasteiger charge is -2.37. The van der Waals surface area contributed by atoms with Gasteiger partial charge in [0.05, 0.1) is 11.6 Å². The summed E-state index contributed by atoms with van der Waals surface area (Å²) in [5.74, 6) is 0.175. The van der Waals surface area contributed by atoms with E-state index < -0.39 is 14.6 Å². The number of hydrogen-bond acceptors (Lipinski definition) is 5. The first kappa shape index (κ1) is 19.0. The SMILES string of the molecule is CN(CCOc1ccccc1Cl)C(=O)C1(S(C)(=O)=O)CCNCC1. The van der Waals surface area contributed by atoms with Gasteiger partial charge in [-0.25, -0.2) is 8.42 Å². The zero-order valence-electron chi connectivity index (χ0n) is 13.9. The largest absolute Gasteiger partial charge is 0.490 e. The normalized spacial score (nSPS) is 17.3. The Bertz CT molecular complexity index is 687. The van der Waals surface area contributed by atoms with Crippen molar-refractivity contribution in [3.05, 3.63) is 29.3 Å². The molecule has 1 aliphatic heterocycles. The zero-order chi connectivity index (χ0) is 17.8. The number of benzene rings is 1. The predicted octanol–water partition coefficient (Wildman–Crippen LogP) is 1.34. The topological polar surface area (TPSA) is 75.7 Å². The van der Waals surface area contributed by atoms with Gasteiger partial charge in [-0.3, -0.25) is 4.79 Å². The third-order valence-corrected chi connectivity index (χ3v) is 6.69. The maximum absolute atomic E-state index is 12.8. The Hall–Kier alpha value is -1.31. The van der Waals surface area contributed by atoms with Gasteiger partial charge in [-0.05, 0) is 38.1 Å². The van der Waals surface area contributed by atoms with E-state index in [-0.39, 0.29) is 19.1 Å². The minimum absolute atomic E-state index is 0.240. The number of piperidine rings is 1. The molecule has 1 fully saturated rings. The Balaban J connectivity index is 2.01. The lowest BCUT2D eigenvalue weighted by molar-refractivity contribution is -0.133. The van der Waals surface area contributed by atoms with Crippen molar-refractivity contribution in [3.63, 3.8) is 0 Å². The molecule has 1 heterocycles. The molecule has 1 aromatic rings. The molecule has 1 aliphatic rings. The average Bonchev–Trinajstić information content (AvgIpc) is 2.55. The van der Waals surface area contributed by atoms with Crippen molar-refractivity contribution in [3.8, 4) is 5.75 Å². The first-order valence-electron chi connectivity index (χ1n) is 7.81. The number of hydrogen-bond donors (Lipinski definition) is 1. The molecule has 24 heavy (non-hydrogen) atoms. The van der Waals surface area contributed by atoms with E-state index in [1.807, 2.05) is 6.07 Å². The molecule has 0 aromatic heterocycles. The van der Waals surface area contributed by atoms with E-state index in [1.165, 1.54) is 4.90 Å². The molecule has 0 bridgehead atoms. The summed E-state index contributed by atoms with van der Waals surface area (Å²) in [5.41, 5.74) is 0. The van der Waals surface area contributed by atoms with Crippen LogP contribution in [-0.4, -0.2) is 63.5 Å². The van der Waals surface area contributed by atoms with Gasteiger partial charge in [0.25, 0.3) is 0 Å². The van der Waals surface area contributed by atoms with Gasteiger partial charge >= 0.3 is 0 Å². The van der Waals surface area contributed by atoms with Gasteiger partial charge in [0.15, 0.2) is 14.6 Å². The van der Waals surface area contributed by atoms with E-state index in [4.69, 9.17) is 16.3 Å². The number of carbonyl (C=O) groups is 1. The fourth-order valence-corrected chi connectivity index (χ4v) is 4.49. The molecule has 1 aromatic carbocycles. The van der Waals surface area contributed by atoms with Crippen LogP contribution in [0.2, 0.25) is 5.02 Å². The van der Waals surface area contributed by atoms with Gasteiger partial charge in [-0.15, -0.1) is 0 Å². The van der Waals surface area contributed by atoms with E-state index in [1.54, 1.807) is 25.2 Å². The highest BCUT2D eigenvalue weighted by atomic mass is 35.5. The summed E-state index contributed by atoms with van der Waals surface area (Å²) in [6.45, 7) is 1.56. The van der Waals surface area contributed by atoms with E-state index in [2.05, 4.69) is 5.32 Å². The summed E-state index contributed by atoms with van der Waals surface area (Å²) < 4.78 is 28.8. The molecule has 1 amide bonds. The van der Waals surface area contributed by atoms with Crippen LogP contribution in [0.1, 0.15) is 12.8 Å². The maximum Gasteiger partial charge on any atom is 0.243 e. The van der Waals surface area contributed by atoms with Gasteiger partial charge < -0.3 is 15.0 Å². The van der Waals surface area contributed by atoms with E-state index in [9.17, 15) is 13.2 Å². The molecular weight excluding hydrogens is 352 g/mol. The van der Waals surface area contributed by atoms with Crippen molar-refractivity contribution in [1.29, 1.82) is 0 Å². The van der Waals surface area contributed by atoms with Crippen LogP contribution in [0, 0.1) is 0 Å². The van der Waals surface area contributed by atoms with Crippen LogP contribution < -0.4 is 10.1 Å². The fourth-order valence-electron chi connectivity index (χ4n) is 2.88. The van der Waals surface area contributed by atoms with Gasteiger partial charge in [0.2, 0.25) is 5.91 Å². The molecule has 8 heteroatoms. The number of nitrogens with one attached hydrogen (secondary N) is 1. The van der Waals surface area contributed by atoms with Crippen molar-refractivity contribution in [2.24, 2.45) is 0 Å². The number of sulfone groups is 1. The smallest absolute Gasteiger partial charge is 0.243 e. The zero-order valence-corrected chi connectivity index (χ0v) is 15.5. The first-order chi connectivity index (χ1) is 11.3. The highest BCUT2D eigenvalue weighted by Crippen LogP contribution is 2.30. The van der Waals surface area contributed by atoms with Crippen LogP contribution in [0.4, 0.5) is 0 Å². The Morgan fingerprint density at radius 2 is 1.96 bits per heavy atom. The molecule has 0 spiro atoms. The second-order valence-corrected chi connectivity index (χ2v) is 8.76. The monoisotopic (exact) mass is 374 g/mol. The van der Waals surface area contributed by atoms with Crippen LogP contribution >= 0.6 is 11.6 Å². The summed E-state index contributed by atoms with van der Waals surface area (Å²) in [4.78, 5) is 14.2. The molecule has 0 atom stereocenters. The van der Waals surface area contributed by atoms with Crippen LogP contribution in [0.3, 0.4) is 0 Å². The summed E-state index contributed by atoms with van der Waals surface area (Å²) in [7, 11) is -1.90. The lowest BCUT2D eigenvalue weighted by atomic mass is 9.95. The number of rotatable bonds is 6. The van der Waals surface area contributed by atoms with Crippen molar-refractivity contribution >= 4 is 27.3 Å². The first-order valence-corrected chi connectivity index (χ1v) is 10.1. The molecule has 1 N–H and O–H groups in total. The van der Waals surface area contributed by atoms with Crippen LogP contribution in [0.25, 0.3) is 0 Å². The molecule has 0 radical (unpaired) electrons. The number of ether oxygens (including phenoxy) is 1. The molecule has 1 saturated heterocycles. The minimum atomic E-state index is -3.51. The van der Waals surface area contributed by atoms with Gasteiger partial charge in [0, 0.05) is 13.3 Å². The van der Waals surface area contributed by atoms with Gasteiger partial charge in [0.1, 0.15) is 12.4 Å². The van der Waals surface area contributed by atoms with E-state index in [0.717, 1.165) is 6.26 Å². The Kier molecular flexibility index (Phi) is 6.11. The summed E-state index contributed by atoms with van der Waals surface area (Å²) in [5, 5.41) is 3.60. The lowest BCUT2D eigenvalue weighted by Crippen LogP contribution is -2.57. The fraction of sp³-hybridized carbons (Fsp3) is 0.562. The number of halogens is 1. The van der Waals surface area contributed by atoms with Gasteiger partial charge in [-0.2, -0.15) is 0 Å².